The van der Waals surface area contributed by atoms with E-state index < -0.39 is 16.8 Å². The van der Waals surface area contributed by atoms with Gasteiger partial charge < -0.3 is 14.9 Å². The van der Waals surface area contributed by atoms with Crippen LogP contribution in [0.2, 0.25) is 0 Å². The number of rotatable bonds is 5. The van der Waals surface area contributed by atoms with Gasteiger partial charge in [-0.05, 0) is 25.8 Å². The number of para-hydroxylation sites is 2. The first-order chi connectivity index (χ1) is 11.3. The first-order valence-corrected chi connectivity index (χ1v) is 7.79. The minimum atomic E-state index is -0.896. The molecule has 2 atom stereocenters. The third-order valence-electron chi connectivity index (χ3n) is 4.49. The van der Waals surface area contributed by atoms with Gasteiger partial charge in [-0.15, -0.1) is 0 Å². The molecule has 0 aliphatic carbocycles. The number of hydrogen-bond acceptors (Lipinski definition) is 5. The summed E-state index contributed by atoms with van der Waals surface area (Å²) in [6.45, 7) is 2.21. The second kappa shape index (κ2) is 7.29. The van der Waals surface area contributed by atoms with E-state index in [0.717, 1.165) is 0 Å². The van der Waals surface area contributed by atoms with Crippen molar-refractivity contribution in [3.63, 3.8) is 0 Å². The number of likely N-dealkylation sites (tertiary alicyclic amines) is 1. The highest BCUT2D eigenvalue weighted by molar-refractivity contribution is 5.83. The Bertz CT molecular complexity index is 648. The molecular weight excluding hydrogens is 314 g/mol. The second-order valence-electron chi connectivity index (χ2n) is 6.02. The van der Waals surface area contributed by atoms with Gasteiger partial charge in [0, 0.05) is 25.7 Å². The Morgan fingerprint density at radius 1 is 1.42 bits per heavy atom. The van der Waals surface area contributed by atoms with Crippen molar-refractivity contribution in [1.82, 2.24) is 4.90 Å². The van der Waals surface area contributed by atoms with Crippen molar-refractivity contribution in [1.29, 1.82) is 0 Å². The van der Waals surface area contributed by atoms with Crippen LogP contribution in [-0.2, 0) is 9.59 Å². The van der Waals surface area contributed by atoms with E-state index >= 15 is 0 Å². The molecule has 1 heterocycles. The number of carbonyl (C=O) groups is 2. The Morgan fingerprint density at radius 2 is 2.08 bits per heavy atom. The molecule has 8 nitrogen and oxygen atoms in total. The van der Waals surface area contributed by atoms with Crippen LogP contribution in [0.5, 0.6) is 0 Å². The first kappa shape index (κ1) is 17.7. The van der Waals surface area contributed by atoms with Gasteiger partial charge in [-0.1, -0.05) is 12.1 Å². The fraction of sp³-hybridized carbons (Fsp3) is 0.500. The van der Waals surface area contributed by atoms with Crippen molar-refractivity contribution in [2.75, 3.05) is 25.0 Å². The van der Waals surface area contributed by atoms with Crippen LogP contribution < -0.4 is 4.90 Å². The molecule has 0 bridgehead atoms. The van der Waals surface area contributed by atoms with E-state index in [1.807, 2.05) is 0 Å². The molecule has 1 aromatic rings. The van der Waals surface area contributed by atoms with Gasteiger partial charge in [-0.2, -0.15) is 0 Å². The van der Waals surface area contributed by atoms with Crippen LogP contribution in [0, 0.1) is 16.0 Å². The van der Waals surface area contributed by atoms with E-state index in [1.165, 1.54) is 11.0 Å². The number of piperidine rings is 1. The SMILES string of the molecule is C[C@@H]1[C@H](C(=O)O)CCCN1C(=O)CN(C)c1ccccc1[N+](=O)[O-]. The fourth-order valence-corrected chi connectivity index (χ4v) is 3.15. The zero-order chi connectivity index (χ0) is 17.9. The van der Waals surface area contributed by atoms with Gasteiger partial charge >= 0.3 is 5.97 Å². The topological polar surface area (TPSA) is 104 Å². The molecule has 1 aromatic carbocycles. The summed E-state index contributed by atoms with van der Waals surface area (Å²) < 4.78 is 0. The first-order valence-electron chi connectivity index (χ1n) is 7.79. The van der Waals surface area contributed by atoms with Crippen LogP contribution in [0.3, 0.4) is 0 Å². The summed E-state index contributed by atoms with van der Waals surface area (Å²) in [4.78, 5) is 37.5. The number of anilines is 1. The fourth-order valence-electron chi connectivity index (χ4n) is 3.15. The maximum absolute atomic E-state index is 12.6. The number of carboxylic acids is 1. The van der Waals surface area contributed by atoms with Crippen LogP contribution in [0.4, 0.5) is 11.4 Å². The minimum absolute atomic E-state index is 0.0401. The average molecular weight is 335 g/mol. The second-order valence-corrected chi connectivity index (χ2v) is 6.02. The summed E-state index contributed by atoms with van der Waals surface area (Å²) >= 11 is 0. The van der Waals surface area contributed by atoms with Crippen molar-refractivity contribution in [2.24, 2.45) is 5.92 Å². The van der Waals surface area contributed by atoms with Gasteiger partial charge in [0.2, 0.25) is 5.91 Å². The zero-order valence-corrected chi connectivity index (χ0v) is 13.7. The van der Waals surface area contributed by atoms with Gasteiger partial charge in [0.15, 0.2) is 0 Å². The Balaban J connectivity index is 2.12. The lowest BCUT2D eigenvalue weighted by Gasteiger charge is -2.38. The molecule has 0 spiro atoms. The number of aliphatic carboxylic acids is 1. The van der Waals surface area contributed by atoms with Crippen LogP contribution in [-0.4, -0.2) is 53.0 Å². The number of nitrogens with zero attached hydrogens (tertiary/aromatic N) is 3. The number of hydrogen-bond donors (Lipinski definition) is 1. The van der Waals surface area contributed by atoms with E-state index in [0.29, 0.717) is 25.1 Å². The average Bonchev–Trinajstić information content (AvgIpc) is 2.54. The summed E-state index contributed by atoms with van der Waals surface area (Å²) in [7, 11) is 1.61. The number of nitro groups is 1. The number of amides is 1. The largest absolute Gasteiger partial charge is 0.481 e. The highest BCUT2D eigenvalue weighted by Crippen LogP contribution is 2.28. The number of benzene rings is 1. The zero-order valence-electron chi connectivity index (χ0n) is 13.7. The third kappa shape index (κ3) is 3.64. The number of carboxylic acid groups (broad SMARTS) is 1. The Morgan fingerprint density at radius 3 is 2.71 bits per heavy atom. The molecular formula is C16H21N3O5. The van der Waals surface area contributed by atoms with Gasteiger partial charge in [0.1, 0.15) is 5.69 Å². The third-order valence-corrected chi connectivity index (χ3v) is 4.49. The summed E-state index contributed by atoms with van der Waals surface area (Å²) in [5, 5.41) is 20.3. The predicted molar refractivity (Wildman–Crippen MR) is 87.9 cm³/mol. The van der Waals surface area contributed by atoms with Crippen molar-refractivity contribution >= 4 is 23.3 Å². The number of likely N-dealkylation sites (N-methyl/N-ethyl adjacent to an activating group) is 1. The van der Waals surface area contributed by atoms with Crippen LogP contribution in [0.1, 0.15) is 19.8 Å². The smallest absolute Gasteiger partial charge is 0.308 e. The summed E-state index contributed by atoms with van der Waals surface area (Å²) in [5.74, 6) is -1.69. The van der Waals surface area contributed by atoms with Gasteiger partial charge in [0.25, 0.3) is 5.69 Å². The lowest BCUT2D eigenvalue weighted by atomic mass is 9.90. The van der Waals surface area contributed by atoms with E-state index in [9.17, 15) is 24.8 Å². The van der Waals surface area contributed by atoms with Gasteiger partial charge in [0.05, 0.1) is 17.4 Å². The molecule has 1 saturated heterocycles. The molecule has 0 unspecified atom stereocenters. The molecule has 0 saturated carbocycles. The maximum Gasteiger partial charge on any atom is 0.308 e. The van der Waals surface area contributed by atoms with Crippen LogP contribution in [0.15, 0.2) is 24.3 Å². The van der Waals surface area contributed by atoms with E-state index in [1.54, 1.807) is 37.1 Å². The molecule has 1 fully saturated rings. The monoisotopic (exact) mass is 335 g/mol. The summed E-state index contributed by atoms with van der Waals surface area (Å²) in [5.41, 5.74) is 0.290. The standard InChI is InChI=1S/C16H21N3O5/c1-11-12(16(21)22)6-5-9-18(11)15(20)10-17(2)13-7-3-4-8-14(13)19(23)24/h3-4,7-8,11-12H,5-6,9-10H2,1-2H3,(H,21,22)/t11-,12-/m1/s1. The van der Waals surface area contributed by atoms with Gasteiger partial charge in [-0.25, -0.2) is 0 Å². The molecule has 1 aliphatic rings. The lowest BCUT2D eigenvalue weighted by Crippen LogP contribution is -2.51. The minimum Gasteiger partial charge on any atom is -0.481 e. The molecule has 0 radical (unpaired) electrons. The predicted octanol–water partition coefficient (Wildman–Crippen LogP) is 1.74. The van der Waals surface area contributed by atoms with Crippen molar-refractivity contribution < 1.29 is 19.6 Å². The molecule has 0 aromatic heterocycles. The molecule has 130 valence electrons. The van der Waals surface area contributed by atoms with E-state index in [2.05, 4.69) is 0 Å². The van der Waals surface area contributed by atoms with Crippen molar-refractivity contribution in [3.8, 4) is 0 Å². The number of nitro benzene ring substituents is 1. The Kier molecular flexibility index (Phi) is 5.38. The van der Waals surface area contributed by atoms with E-state index in [4.69, 9.17) is 0 Å². The molecule has 1 N–H and O–H groups in total. The highest BCUT2D eigenvalue weighted by Gasteiger charge is 2.35. The van der Waals surface area contributed by atoms with Crippen molar-refractivity contribution in [3.05, 3.63) is 34.4 Å². The lowest BCUT2D eigenvalue weighted by molar-refractivity contribution is -0.384. The highest BCUT2D eigenvalue weighted by atomic mass is 16.6. The summed E-state index contributed by atoms with van der Waals surface area (Å²) in [6.07, 6.45) is 1.20. The maximum atomic E-state index is 12.6. The molecule has 2 rings (SSSR count). The molecule has 24 heavy (non-hydrogen) atoms. The van der Waals surface area contributed by atoms with Crippen LogP contribution >= 0.6 is 0 Å². The Labute approximate surface area is 139 Å². The molecule has 8 heteroatoms. The van der Waals surface area contributed by atoms with Gasteiger partial charge in [-0.3, -0.25) is 19.7 Å². The normalized spacial score (nSPS) is 20.5. The number of carbonyl (C=O) groups excluding carboxylic acids is 1. The van der Waals surface area contributed by atoms with Crippen LogP contribution in [0.25, 0.3) is 0 Å². The molecule has 1 amide bonds. The Hall–Kier alpha value is -2.64. The van der Waals surface area contributed by atoms with E-state index in [-0.39, 0.29) is 24.2 Å². The molecule has 1 aliphatic heterocycles. The van der Waals surface area contributed by atoms with Crippen molar-refractivity contribution in [2.45, 2.75) is 25.8 Å². The summed E-state index contributed by atoms with van der Waals surface area (Å²) in [6, 6.07) is 5.84. The quantitative estimate of drug-likeness (QED) is 0.649.